The molecule has 4 atom stereocenters. The molecule has 2 heterocycles. The van der Waals surface area contributed by atoms with E-state index in [-0.39, 0.29) is 64.8 Å². The molecular formula is C65H93N5O14S2. The number of sulfone groups is 1. The minimum Gasteiger partial charge on any atom is -0.484 e. The average Bonchev–Trinajstić information content (AvgIpc) is 3.28. The summed E-state index contributed by atoms with van der Waals surface area (Å²) in [5.74, 6) is 1.50. The zero-order valence-corrected chi connectivity index (χ0v) is 51.9. The molecule has 0 unspecified atom stereocenters. The monoisotopic (exact) mass is 1230 g/mol. The Balaban J connectivity index is 0.534. The minimum atomic E-state index is -3.73. The van der Waals surface area contributed by atoms with E-state index in [0.717, 1.165) is 58.3 Å². The van der Waals surface area contributed by atoms with Crippen molar-refractivity contribution >= 4 is 31.7 Å². The number of nitrogens with zero attached hydrogens (tertiary/aromatic N) is 2. The summed E-state index contributed by atoms with van der Waals surface area (Å²) in [7, 11) is -7.20. The molecule has 0 radical (unpaired) electrons. The van der Waals surface area contributed by atoms with Crippen molar-refractivity contribution in [2.75, 3.05) is 131 Å². The van der Waals surface area contributed by atoms with E-state index >= 15 is 0 Å². The molecule has 0 bridgehead atoms. The van der Waals surface area contributed by atoms with Crippen molar-refractivity contribution in [2.24, 2.45) is 0 Å². The predicted molar refractivity (Wildman–Crippen MR) is 329 cm³/mol. The molecule has 0 saturated carbocycles. The van der Waals surface area contributed by atoms with Gasteiger partial charge in [0.15, 0.2) is 9.84 Å². The zero-order chi connectivity index (χ0) is 60.1. The number of carbonyl (C=O) groups is 2. The number of carbonyl (C=O) groups excluding carboxylic acids is 2. The van der Waals surface area contributed by atoms with E-state index in [1.54, 1.807) is 48.5 Å². The van der Waals surface area contributed by atoms with E-state index < -0.39 is 19.9 Å². The van der Waals surface area contributed by atoms with Gasteiger partial charge in [0, 0.05) is 45.7 Å². The van der Waals surface area contributed by atoms with E-state index in [1.165, 1.54) is 60.8 Å². The van der Waals surface area contributed by atoms with Crippen molar-refractivity contribution in [2.45, 2.75) is 130 Å². The molecule has 21 heteroatoms. The fourth-order valence-electron chi connectivity index (χ4n) is 11.7. The molecule has 86 heavy (non-hydrogen) atoms. The number of ketones is 1. The van der Waals surface area contributed by atoms with E-state index in [1.807, 2.05) is 0 Å². The molecule has 0 spiro atoms. The maximum atomic E-state index is 13.1. The Labute approximate surface area is 510 Å². The summed E-state index contributed by atoms with van der Waals surface area (Å²) in [5.41, 5.74) is 5.06. The van der Waals surface area contributed by atoms with Crippen LogP contribution in [0.3, 0.4) is 0 Å². The minimum absolute atomic E-state index is 0.0120. The number of benzene rings is 4. The number of nitrogens with one attached hydrogen (secondary N) is 3. The molecule has 2 amide bonds. The maximum absolute atomic E-state index is 13.1. The molecule has 474 valence electrons. The smallest absolute Gasteiger partial charge is 0.314 e. The summed E-state index contributed by atoms with van der Waals surface area (Å²) in [5, 5.41) is 5.59. The molecule has 0 aromatic heterocycles. The molecule has 2 aliphatic carbocycles. The van der Waals surface area contributed by atoms with Gasteiger partial charge in [0.05, 0.1) is 93.7 Å². The second-order valence-electron chi connectivity index (χ2n) is 22.5. The summed E-state index contributed by atoms with van der Waals surface area (Å²) < 4.78 is 101. The third kappa shape index (κ3) is 21.9. The third-order valence-electron chi connectivity index (χ3n) is 16.3. The number of Topliss-reactive ketones (excluding diaryl/α,β-unsaturated/α-hetero) is 1. The lowest BCUT2D eigenvalue weighted by molar-refractivity contribution is -0.119. The fourth-order valence-corrected chi connectivity index (χ4v) is 14.0. The first-order chi connectivity index (χ1) is 42.0. The van der Waals surface area contributed by atoms with Gasteiger partial charge in [-0.15, -0.1) is 0 Å². The number of piperidine rings is 2. The highest BCUT2D eigenvalue weighted by Crippen LogP contribution is 2.41. The van der Waals surface area contributed by atoms with Crippen LogP contribution in [-0.4, -0.2) is 181 Å². The molecule has 4 aromatic carbocycles. The Bertz CT molecular complexity index is 2660. The number of urea groups is 1. The van der Waals surface area contributed by atoms with Gasteiger partial charge in [-0.25, -0.2) is 26.4 Å². The second-order valence-corrected chi connectivity index (χ2v) is 26.4. The molecule has 4 aliphatic rings. The van der Waals surface area contributed by atoms with Crippen LogP contribution in [0, 0.1) is 0 Å². The molecular weight excluding hydrogens is 1140 g/mol. The Morgan fingerprint density at radius 3 is 1.42 bits per heavy atom. The number of ether oxygens (including phenoxy) is 8. The van der Waals surface area contributed by atoms with Gasteiger partial charge in [0.1, 0.15) is 29.5 Å². The van der Waals surface area contributed by atoms with Crippen LogP contribution in [0.4, 0.5) is 4.79 Å². The van der Waals surface area contributed by atoms with Crippen molar-refractivity contribution < 1.29 is 64.3 Å². The lowest BCUT2D eigenvalue weighted by atomic mass is 10.0. The highest BCUT2D eigenvalue weighted by molar-refractivity contribution is 7.91. The van der Waals surface area contributed by atoms with Crippen molar-refractivity contribution in [1.29, 1.82) is 0 Å². The van der Waals surface area contributed by atoms with Crippen LogP contribution in [0.2, 0.25) is 0 Å². The quantitative estimate of drug-likeness (QED) is 0.0357. The molecule has 4 aromatic rings. The number of hydrogen-bond donors (Lipinski definition) is 3. The summed E-state index contributed by atoms with van der Waals surface area (Å²) >= 11 is 0. The summed E-state index contributed by atoms with van der Waals surface area (Å²) in [4.78, 5) is 30.0. The second kappa shape index (κ2) is 36.4. The van der Waals surface area contributed by atoms with Gasteiger partial charge in [0.2, 0.25) is 10.0 Å². The van der Waals surface area contributed by atoms with Gasteiger partial charge in [-0.1, -0.05) is 67.8 Å². The van der Waals surface area contributed by atoms with E-state index in [0.29, 0.717) is 123 Å². The number of likely N-dealkylation sites (tertiary alicyclic amines) is 2. The van der Waals surface area contributed by atoms with Crippen LogP contribution in [0.25, 0.3) is 0 Å². The zero-order valence-electron chi connectivity index (χ0n) is 50.2. The first-order valence-electron chi connectivity index (χ1n) is 31.4. The first kappa shape index (κ1) is 66.9. The number of rotatable bonds is 41. The van der Waals surface area contributed by atoms with Gasteiger partial charge in [-0.3, -0.25) is 14.6 Å². The molecule has 3 N–H and O–H groups in total. The van der Waals surface area contributed by atoms with Crippen LogP contribution in [0.1, 0.15) is 118 Å². The van der Waals surface area contributed by atoms with Crippen molar-refractivity contribution in [3.63, 3.8) is 0 Å². The van der Waals surface area contributed by atoms with Crippen LogP contribution in [-0.2, 0) is 65.9 Å². The summed E-state index contributed by atoms with van der Waals surface area (Å²) in [6.07, 6.45) is 13.4. The molecule has 8 rings (SSSR count). The topological polar surface area (TPSA) is 219 Å². The first-order valence-corrected chi connectivity index (χ1v) is 34.6. The van der Waals surface area contributed by atoms with Gasteiger partial charge < -0.3 is 48.5 Å². The summed E-state index contributed by atoms with van der Waals surface area (Å²) in [6, 6.07) is 30.7. The standard InChI is InChI=1S/C65H93N5O14S2/c71-54(19-14-37-77-41-45-81-46-42-78-38-15-49-85(73,74)57-26-22-55(23-27-57)83-63-59-20-7-5-16-52(59)50-61(63)69-33-10-2-11-34-69)18-4-1-9-30-66-65(72)67-31-39-79-43-47-82-48-44-80-40-32-68-86(75,76)58-28-24-56(25-29-58)84-64-60-21-8-6-17-53(60)51-62(64)70-35-12-3-13-36-70/h5-8,16-17,20-29,61-64,68H,1-4,9-15,18-19,30-51H2,(H2,66,67,72)/t61-,62-,63-,64-/m0/s1. The Morgan fingerprint density at radius 1 is 0.442 bits per heavy atom. The largest absolute Gasteiger partial charge is 0.484 e. The number of sulfonamides is 1. The van der Waals surface area contributed by atoms with Gasteiger partial charge in [0.25, 0.3) is 0 Å². The summed E-state index contributed by atoms with van der Waals surface area (Å²) in [6.45, 7) is 9.48. The average molecular weight is 1230 g/mol. The van der Waals surface area contributed by atoms with Crippen molar-refractivity contribution in [3.05, 3.63) is 119 Å². The Kier molecular flexibility index (Phi) is 28.4. The SMILES string of the molecule is O=C(CCCCCNC(=O)NCCOCCOCCOCCNS(=O)(=O)c1ccc(O[C@H]2c3ccccc3C[C@@H]2N2CCCCC2)cc1)CCCOCCOCCOCCCS(=O)(=O)c1ccc(O[C@H]2c3ccccc3C[C@@H]2N2CCCCC2)cc1. The van der Waals surface area contributed by atoms with Crippen LogP contribution in [0.15, 0.2) is 107 Å². The lowest BCUT2D eigenvalue weighted by Crippen LogP contribution is -2.43. The van der Waals surface area contributed by atoms with Crippen molar-refractivity contribution in [3.8, 4) is 11.5 Å². The number of unbranched alkanes of at least 4 members (excludes halogenated alkanes) is 2. The van der Waals surface area contributed by atoms with E-state index in [4.69, 9.17) is 37.9 Å². The maximum Gasteiger partial charge on any atom is 0.314 e. The Hall–Kier alpha value is -5.04. The highest BCUT2D eigenvalue weighted by Gasteiger charge is 2.40. The van der Waals surface area contributed by atoms with Crippen LogP contribution < -0.4 is 24.8 Å². The number of fused-ring (bicyclic) bond motifs is 2. The lowest BCUT2D eigenvalue weighted by Gasteiger charge is -2.35. The normalized spacial score (nSPS) is 19.0. The van der Waals surface area contributed by atoms with E-state index in [9.17, 15) is 26.4 Å². The van der Waals surface area contributed by atoms with Crippen LogP contribution in [0.5, 0.6) is 11.5 Å². The molecule has 2 fully saturated rings. The Morgan fingerprint density at radius 2 is 0.884 bits per heavy atom. The number of amides is 2. The number of hydrogen-bond acceptors (Lipinski definition) is 16. The van der Waals surface area contributed by atoms with E-state index in [2.05, 4.69) is 73.7 Å². The molecule has 2 aliphatic heterocycles. The molecule has 19 nitrogen and oxygen atoms in total. The predicted octanol–water partition coefficient (Wildman–Crippen LogP) is 8.20. The van der Waals surface area contributed by atoms with Gasteiger partial charge >= 0.3 is 6.03 Å². The van der Waals surface area contributed by atoms with Gasteiger partial charge in [-0.05, 0) is 161 Å². The molecule has 2 saturated heterocycles. The van der Waals surface area contributed by atoms with Gasteiger partial charge in [-0.2, -0.15) is 0 Å². The fraction of sp³-hybridized carbons (Fsp3) is 0.600. The third-order valence-corrected chi connectivity index (χ3v) is 19.6. The van der Waals surface area contributed by atoms with Crippen LogP contribution >= 0.6 is 0 Å². The highest BCUT2D eigenvalue weighted by atomic mass is 32.2. The van der Waals surface area contributed by atoms with Crippen molar-refractivity contribution in [1.82, 2.24) is 25.2 Å².